The molecule has 0 aliphatic heterocycles. The Balaban J connectivity index is 1.75. The van der Waals surface area contributed by atoms with Gasteiger partial charge in [-0.1, -0.05) is 91.0 Å². The van der Waals surface area contributed by atoms with Gasteiger partial charge < -0.3 is 0 Å². The molecule has 1 heteroatoms. The van der Waals surface area contributed by atoms with Crippen molar-refractivity contribution in [2.24, 2.45) is 5.92 Å². The number of carbonyl (C=O) groups excluding carboxylic acids is 1. The van der Waals surface area contributed by atoms with Crippen LogP contribution in [0.4, 0.5) is 0 Å². The molecule has 1 nitrogen and oxygen atoms in total. The number of hydrogen-bond acceptors (Lipinski definition) is 1. The first-order valence-corrected chi connectivity index (χ1v) is 8.47. The van der Waals surface area contributed by atoms with Gasteiger partial charge in [0.05, 0.1) is 0 Å². The van der Waals surface area contributed by atoms with Crippen LogP contribution in [0.3, 0.4) is 0 Å². The molecule has 3 rings (SSSR count). The fourth-order valence-electron chi connectivity index (χ4n) is 3.12. The van der Waals surface area contributed by atoms with E-state index in [1.807, 2.05) is 42.5 Å². The summed E-state index contributed by atoms with van der Waals surface area (Å²) in [4.78, 5) is 12.6. The van der Waals surface area contributed by atoms with Gasteiger partial charge in [0, 0.05) is 12.0 Å². The minimum absolute atomic E-state index is 0.229. The largest absolute Gasteiger partial charge is 0.294 e. The lowest BCUT2D eigenvalue weighted by atomic mass is 9.87. The first-order valence-electron chi connectivity index (χ1n) is 8.47. The van der Waals surface area contributed by atoms with Gasteiger partial charge in [0.1, 0.15) is 0 Å². The van der Waals surface area contributed by atoms with E-state index in [1.54, 1.807) is 0 Å². The van der Waals surface area contributed by atoms with E-state index in [2.05, 4.69) is 48.5 Å². The average Bonchev–Trinajstić information content (AvgIpc) is 2.64. The first kappa shape index (κ1) is 16.2. The molecular formula is C23H22O. The Labute approximate surface area is 144 Å². The van der Waals surface area contributed by atoms with E-state index in [9.17, 15) is 4.79 Å². The van der Waals surface area contributed by atoms with Crippen LogP contribution in [0.2, 0.25) is 0 Å². The fraction of sp³-hybridized carbons (Fsp3) is 0.174. The molecule has 0 aromatic heterocycles. The van der Waals surface area contributed by atoms with Crippen LogP contribution >= 0.6 is 0 Å². The summed E-state index contributed by atoms with van der Waals surface area (Å²) >= 11 is 0. The average molecular weight is 314 g/mol. The standard InChI is InChI=1S/C23H22O/c24-23(22-14-8-3-9-15-22)18-21(16-19-10-4-1-5-11-19)17-20-12-6-2-7-13-20/h1-15,21H,16-18H2. The van der Waals surface area contributed by atoms with Crippen LogP contribution in [0.5, 0.6) is 0 Å². The summed E-state index contributed by atoms with van der Waals surface area (Å²) in [6.07, 6.45) is 2.43. The van der Waals surface area contributed by atoms with Crippen molar-refractivity contribution in [2.45, 2.75) is 19.3 Å². The van der Waals surface area contributed by atoms with Gasteiger partial charge in [0.25, 0.3) is 0 Å². The summed E-state index contributed by atoms with van der Waals surface area (Å²) < 4.78 is 0. The lowest BCUT2D eigenvalue weighted by molar-refractivity contribution is 0.0961. The van der Waals surface area contributed by atoms with Crippen molar-refractivity contribution in [1.82, 2.24) is 0 Å². The molecule has 0 amide bonds. The maximum atomic E-state index is 12.6. The predicted octanol–water partition coefficient (Wildman–Crippen LogP) is 5.36. The van der Waals surface area contributed by atoms with Crippen molar-refractivity contribution >= 4 is 5.78 Å². The monoisotopic (exact) mass is 314 g/mol. The van der Waals surface area contributed by atoms with Gasteiger partial charge in [-0.25, -0.2) is 0 Å². The molecule has 0 unspecified atom stereocenters. The third kappa shape index (κ3) is 4.66. The molecule has 0 atom stereocenters. The molecule has 0 spiro atoms. The van der Waals surface area contributed by atoms with Crippen molar-refractivity contribution < 1.29 is 4.79 Å². The Hall–Kier alpha value is -2.67. The second-order valence-corrected chi connectivity index (χ2v) is 6.24. The highest BCUT2D eigenvalue weighted by Crippen LogP contribution is 2.20. The fourth-order valence-corrected chi connectivity index (χ4v) is 3.12. The number of Topliss-reactive ketones (excluding diaryl/α,β-unsaturated/α-hetero) is 1. The van der Waals surface area contributed by atoms with E-state index >= 15 is 0 Å². The van der Waals surface area contributed by atoms with Crippen LogP contribution in [0.15, 0.2) is 91.0 Å². The highest BCUT2D eigenvalue weighted by atomic mass is 16.1. The van der Waals surface area contributed by atoms with Crippen LogP contribution in [-0.2, 0) is 12.8 Å². The highest BCUT2D eigenvalue weighted by molar-refractivity contribution is 5.96. The van der Waals surface area contributed by atoms with Crippen LogP contribution in [0, 0.1) is 5.92 Å². The normalized spacial score (nSPS) is 10.7. The van der Waals surface area contributed by atoms with Crippen LogP contribution < -0.4 is 0 Å². The SMILES string of the molecule is O=C(CC(Cc1ccccc1)Cc1ccccc1)c1ccccc1. The van der Waals surface area contributed by atoms with Gasteiger partial charge in [-0.05, 0) is 29.9 Å². The second kappa shape index (κ2) is 8.26. The van der Waals surface area contributed by atoms with Crippen molar-refractivity contribution in [3.63, 3.8) is 0 Å². The molecule has 0 saturated heterocycles. The molecule has 24 heavy (non-hydrogen) atoms. The molecule has 0 fully saturated rings. The Morgan fingerprint density at radius 1 is 0.625 bits per heavy atom. The van der Waals surface area contributed by atoms with E-state index in [0.717, 1.165) is 18.4 Å². The van der Waals surface area contributed by atoms with Crippen molar-refractivity contribution in [3.05, 3.63) is 108 Å². The Morgan fingerprint density at radius 2 is 1.04 bits per heavy atom. The van der Waals surface area contributed by atoms with E-state index < -0.39 is 0 Å². The third-order valence-corrected chi connectivity index (χ3v) is 4.30. The first-order chi connectivity index (χ1) is 11.8. The highest BCUT2D eigenvalue weighted by Gasteiger charge is 2.16. The van der Waals surface area contributed by atoms with Gasteiger partial charge >= 0.3 is 0 Å². The molecule has 120 valence electrons. The molecule has 3 aromatic rings. The minimum Gasteiger partial charge on any atom is -0.294 e. The molecule has 0 aliphatic carbocycles. The van der Waals surface area contributed by atoms with Gasteiger partial charge in [0.15, 0.2) is 5.78 Å². The van der Waals surface area contributed by atoms with E-state index in [-0.39, 0.29) is 5.78 Å². The van der Waals surface area contributed by atoms with Gasteiger partial charge in [-0.3, -0.25) is 4.79 Å². The molecular weight excluding hydrogens is 292 g/mol. The zero-order valence-corrected chi connectivity index (χ0v) is 13.8. The molecule has 0 heterocycles. The van der Waals surface area contributed by atoms with Gasteiger partial charge in [0.2, 0.25) is 0 Å². The van der Waals surface area contributed by atoms with Crippen molar-refractivity contribution in [3.8, 4) is 0 Å². The minimum atomic E-state index is 0.229. The summed E-state index contributed by atoms with van der Waals surface area (Å²) in [5.74, 6) is 0.537. The number of ketones is 1. The lowest BCUT2D eigenvalue weighted by Crippen LogP contribution is -2.14. The van der Waals surface area contributed by atoms with Gasteiger partial charge in [-0.2, -0.15) is 0 Å². The summed E-state index contributed by atoms with van der Waals surface area (Å²) in [5.41, 5.74) is 3.39. The number of hydrogen-bond donors (Lipinski definition) is 0. The Kier molecular flexibility index (Phi) is 5.57. The molecule has 0 aliphatic rings. The zero-order valence-electron chi connectivity index (χ0n) is 13.8. The predicted molar refractivity (Wildman–Crippen MR) is 99.2 cm³/mol. The number of rotatable bonds is 7. The Bertz CT molecular complexity index is 706. The molecule has 0 bridgehead atoms. The summed E-state index contributed by atoms with van der Waals surface area (Å²) in [7, 11) is 0. The molecule has 0 radical (unpaired) electrons. The van der Waals surface area contributed by atoms with Crippen LogP contribution in [0.25, 0.3) is 0 Å². The zero-order chi connectivity index (χ0) is 16.6. The van der Waals surface area contributed by atoms with Crippen LogP contribution in [0.1, 0.15) is 27.9 Å². The summed E-state index contributed by atoms with van der Waals surface area (Å²) in [6, 6.07) is 30.5. The third-order valence-electron chi connectivity index (χ3n) is 4.30. The molecule has 0 saturated carbocycles. The smallest absolute Gasteiger partial charge is 0.163 e. The quantitative estimate of drug-likeness (QED) is 0.536. The van der Waals surface area contributed by atoms with Crippen molar-refractivity contribution in [1.29, 1.82) is 0 Å². The lowest BCUT2D eigenvalue weighted by Gasteiger charge is -2.17. The topological polar surface area (TPSA) is 17.1 Å². The summed E-state index contributed by atoms with van der Waals surface area (Å²) in [5, 5.41) is 0. The second-order valence-electron chi connectivity index (χ2n) is 6.24. The van der Waals surface area contributed by atoms with E-state index in [0.29, 0.717) is 12.3 Å². The van der Waals surface area contributed by atoms with E-state index in [4.69, 9.17) is 0 Å². The summed E-state index contributed by atoms with van der Waals surface area (Å²) in [6.45, 7) is 0. The molecule has 0 N–H and O–H groups in total. The maximum Gasteiger partial charge on any atom is 0.163 e. The number of benzene rings is 3. The maximum absolute atomic E-state index is 12.6. The van der Waals surface area contributed by atoms with Gasteiger partial charge in [-0.15, -0.1) is 0 Å². The van der Waals surface area contributed by atoms with Crippen molar-refractivity contribution in [2.75, 3.05) is 0 Å². The Morgan fingerprint density at radius 3 is 1.50 bits per heavy atom. The number of carbonyl (C=O) groups is 1. The van der Waals surface area contributed by atoms with E-state index in [1.165, 1.54) is 11.1 Å². The van der Waals surface area contributed by atoms with Crippen LogP contribution in [-0.4, -0.2) is 5.78 Å². The molecule has 3 aromatic carbocycles.